The van der Waals surface area contributed by atoms with Crippen molar-refractivity contribution in [3.8, 4) is 11.5 Å². The Bertz CT molecular complexity index is 1640. The molecule has 0 radical (unpaired) electrons. The van der Waals surface area contributed by atoms with E-state index in [4.69, 9.17) is 8.37 Å². The van der Waals surface area contributed by atoms with E-state index in [2.05, 4.69) is 10.6 Å². The molecular weight excluding hydrogens is 552 g/mol. The van der Waals surface area contributed by atoms with Crippen molar-refractivity contribution < 1.29 is 30.0 Å². The number of carbonyl (C=O) groups is 1. The minimum absolute atomic E-state index is 0.0635. The first-order valence-electron chi connectivity index (χ1n) is 12.6. The molecule has 0 saturated heterocycles. The second-order valence-electron chi connectivity index (χ2n) is 10.3. The summed E-state index contributed by atoms with van der Waals surface area (Å²) < 4.78 is 59.9. The van der Waals surface area contributed by atoms with Crippen molar-refractivity contribution in [3.05, 3.63) is 96.1 Å². The zero-order valence-electron chi connectivity index (χ0n) is 22.7. The monoisotopic (exact) mass is 584 g/mol. The van der Waals surface area contributed by atoms with Gasteiger partial charge in [0.25, 0.3) is 0 Å². The van der Waals surface area contributed by atoms with Crippen molar-refractivity contribution in [2.24, 2.45) is 0 Å². The average Bonchev–Trinajstić information content (AvgIpc) is 2.88. The maximum atomic E-state index is 12.9. The third-order valence-corrected chi connectivity index (χ3v) is 10.5. The Morgan fingerprint density at radius 1 is 0.725 bits per heavy atom. The Hall–Kier alpha value is -3.83. The fraction of sp³-hybridized carbons (Fsp3) is 0.276. The number of urea groups is 1. The molecule has 0 aliphatic heterocycles. The molecule has 2 N–H and O–H groups in total. The molecule has 2 amide bonds. The van der Waals surface area contributed by atoms with Crippen LogP contribution in [0.25, 0.3) is 0 Å². The van der Waals surface area contributed by atoms with Gasteiger partial charge in [0.1, 0.15) is 21.0 Å². The zero-order valence-corrected chi connectivity index (χ0v) is 24.3. The number of benzene rings is 2. The summed E-state index contributed by atoms with van der Waals surface area (Å²) >= 11 is 0. The predicted octanol–water partition coefficient (Wildman–Crippen LogP) is 6.08. The molecule has 4 rings (SSSR count). The molecule has 2 aliphatic carbocycles. The van der Waals surface area contributed by atoms with Gasteiger partial charge in [-0.05, 0) is 76.9 Å². The molecule has 0 aromatic heterocycles. The van der Waals surface area contributed by atoms with Crippen LogP contribution >= 0.6 is 0 Å². The minimum Gasteiger partial charge on any atom is -0.382 e. The highest BCUT2D eigenvalue weighted by Gasteiger charge is 2.40. The van der Waals surface area contributed by atoms with Gasteiger partial charge in [0.05, 0.1) is 0 Å². The van der Waals surface area contributed by atoms with E-state index in [-0.39, 0.29) is 11.5 Å². The molecule has 2 aliphatic rings. The Morgan fingerprint density at radius 3 is 1.73 bits per heavy atom. The van der Waals surface area contributed by atoms with Crippen LogP contribution in [-0.2, 0) is 20.2 Å². The molecule has 9 nitrogen and oxygen atoms in total. The first-order chi connectivity index (χ1) is 18.7. The van der Waals surface area contributed by atoms with E-state index in [1.165, 1.54) is 36.4 Å². The SMILES string of the molecule is CC1=CCC(C)(S(=O)(=O)Oc2ccc(NC(=O)Nc3cccc(OS(=O)(=O)C4(C)C=CC(C)=CC4)c3)cc2)C=C1. The van der Waals surface area contributed by atoms with Crippen molar-refractivity contribution in [2.75, 3.05) is 10.6 Å². The Labute approximate surface area is 235 Å². The van der Waals surface area contributed by atoms with E-state index in [9.17, 15) is 21.6 Å². The van der Waals surface area contributed by atoms with Gasteiger partial charge < -0.3 is 19.0 Å². The summed E-state index contributed by atoms with van der Waals surface area (Å²) in [6.07, 6.45) is 11.0. The largest absolute Gasteiger partial charge is 0.382 e. The van der Waals surface area contributed by atoms with E-state index in [0.29, 0.717) is 24.2 Å². The van der Waals surface area contributed by atoms with Gasteiger partial charge in [0.2, 0.25) is 0 Å². The summed E-state index contributed by atoms with van der Waals surface area (Å²) in [4.78, 5) is 12.6. The van der Waals surface area contributed by atoms with E-state index >= 15 is 0 Å². The highest BCUT2D eigenvalue weighted by Crippen LogP contribution is 2.33. The van der Waals surface area contributed by atoms with Gasteiger partial charge in [0.15, 0.2) is 0 Å². The van der Waals surface area contributed by atoms with Gasteiger partial charge >= 0.3 is 26.3 Å². The van der Waals surface area contributed by atoms with E-state index in [1.54, 1.807) is 50.3 Å². The van der Waals surface area contributed by atoms with Crippen LogP contribution in [0.1, 0.15) is 40.5 Å². The molecule has 0 bridgehead atoms. The lowest BCUT2D eigenvalue weighted by atomic mass is 9.98. The quantitative estimate of drug-likeness (QED) is 0.360. The van der Waals surface area contributed by atoms with Crippen LogP contribution in [-0.4, -0.2) is 32.4 Å². The van der Waals surface area contributed by atoms with Crippen LogP contribution in [0.5, 0.6) is 11.5 Å². The third kappa shape index (κ3) is 6.48. The fourth-order valence-electron chi connectivity index (χ4n) is 3.94. The molecule has 212 valence electrons. The smallest absolute Gasteiger partial charge is 0.323 e. The predicted molar refractivity (Wildman–Crippen MR) is 156 cm³/mol. The molecule has 40 heavy (non-hydrogen) atoms. The van der Waals surface area contributed by atoms with E-state index in [0.717, 1.165) is 11.1 Å². The van der Waals surface area contributed by atoms with Gasteiger partial charge in [-0.2, -0.15) is 16.8 Å². The highest BCUT2D eigenvalue weighted by molar-refractivity contribution is 7.89. The number of hydrogen-bond acceptors (Lipinski definition) is 7. The van der Waals surface area contributed by atoms with Crippen molar-refractivity contribution in [2.45, 2.75) is 50.0 Å². The summed E-state index contributed by atoms with van der Waals surface area (Å²) in [5, 5.41) is 5.26. The van der Waals surface area contributed by atoms with Crippen LogP contribution in [0.4, 0.5) is 16.2 Å². The van der Waals surface area contributed by atoms with Crippen LogP contribution in [0, 0.1) is 0 Å². The number of amides is 2. The van der Waals surface area contributed by atoms with Crippen LogP contribution < -0.4 is 19.0 Å². The maximum Gasteiger partial charge on any atom is 0.323 e. The number of rotatable bonds is 8. The fourth-order valence-corrected chi connectivity index (χ4v) is 6.09. The lowest BCUT2D eigenvalue weighted by molar-refractivity contribution is 0.262. The number of anilines is 2. The lowest BCUT2D eigenvalue weighted by Gasteiger charge is -2.26. The number of hydrogen-bond donors (Lipinski definition) is 2. The van der Waals surface area contributed by atoms with Gasteiger partial charge in [-0.25, -0.2) is 4.79 Å². The normalized spacial score (nSPS) is 22.6. The second kappa shape index (κ2) is 11.0. The van der Waals surface area contributed by atoms with E-state index in [1.807, 2.05) is 26.0 Å². The Kier molecular flexibility index (Phi) is 8.00. The van der Waals surface area contributed by atoms with Crippen molar-refractivity contribution in [3.63, 3.8) is 0 Å². The summed E-state index contributed by atoms with van der Waals surface area (Å²) in [7, 11) is -7.96. The van der Waals surface area contributed by atoms with Crippen LogP contribution in [0.15, 0.2) is 96.1 Å². The molecule has 2 atom stereocenters. The minimum atomic E-state index is -4.00. The molecule has 2 aromatic carbocycles. The molecule has 0 fully saturated rings. The van der Waals surface area contributed by atoms with E-state index < -0.39 is 35.8 Å². The number of carbonyl (C=O) groups excluding carboxylic acids is 1. The lowest BCUT2D eigenvalue weighted by Crippen LogP contribution is -2.37. The first kappa shape index (κ1) is 29.2. The van der Waals surface area contributed by atoms with Gasteiger partial charge in [-0.3, -0.25) is 0 Å². The summed E-state index contributed by atoms with van der Waals surface area (Å²) in [6, 6.07) is 11.4. The molecule has 2 aromatic rings. The topological polar surface area (TPSA) is 128 Å². The van der Waals surface area contributed by atoms with Crippen molar-refractivity contribution in [1.29, 1.82) is 0 Å². The van der Waals surface area contributed by atoms with Crippen molar-refractivity contribution in [1.82, 2.24) is 0 Å². The van der Waals surface area contributed by atoms with Crippen molar-refractivity contribution >= 4 is 37.6 Å². The molecule has 11 heteroatoms. The maximum absolute atomic E-state index is 12.9. The standard InChI is InChI=1S/C29H32N2O7S2/c1-21-12-16-28(3,17-13-21)39(33,34)37-25-10-8-23(9-11-25)30-27(32)31-24-6-5-7-26(20-24)38-40(35,36)29(4)18-14-22(2)15-19-29/h5-16,18,20H,17,19H2,1-4H3,(H2,30,31,32). The summed E-state index contributed by atoms with van der Waals surface area (Å²) in [5.41, 5.74) is 2.68. The van der Waals surface area contributed by atoms with Gasteiger partial charge in [-0.15, -0.1) is 0 Å². The molecule has 0 spiro atoms. The Morgan fingerprint density at radius 2 is 1.23 bits per heavy atom. The summed E-state index contributed by atoms with van der Waals surface area (Å²) in [5.74, 6) is 0.179. The summed E-state index contributed by atoms with van der Waals surface area (Å²) in [6.45, 7) is 6.98. The van der Waals surface area contributed by atoms with Gasteiger partial charge in [0, 0.05) is 17.4 Å². The van der Waals surface area contributed by atoms with Crippen LogP contribution in [0.2, 0.25) is 0 Å². The average molecular weight is 585 g/mol. The van der Waals surface area contributed by atoms with Crippen LogP contribution in [0.3, 0.4) is 0 Å². The zero-order chi connectivity index (χ0) is 29.2. The number of nitrogens with one attached hydrogen (secondary N) is 2. The first-order valence-corrected chi connectivity index (χ1v) is 15.4. The number of allylic oxidation sites excluding steroid dienone is 6. The molecule has 2 unspecified atom stereocenters. The van der Waals surface area contributed by atoms with Gasteiger partial charge in [-0.1, -0.05) is 53.7 Å². The second-order valence-corrected chi connectivity index (χ2v) is 14.3. The highest BCUT2D eigenvalue weighted by atomic mass is 32.2. The third-order valence-electron chi connectivity index (χ3n) is 6.81. The molecule has 0 heterocycles. The molecular formula is C29H32N2O7S2. The molecule has 0 saturated carbocycles. The Balaban J connectivity index is 1.36.